The molecular formula is C34H26N4O4. The Kier molecular flexibility index (Phi) is 6.72. The molecule has 0 fully saturated rings. The molecule has 0 saturated carbocycles. The minimum Gasteiger partial charge on any atom is -0.399 e. The van der Waals surface area contributed by atoms with Gasteiger partial charge in [0.25, 0.3) is 23.6 Å². The minimum atomic E-state index is -0.387. The van der Waals surface area contributed by atoms with Crippen molar-refractivity contribution < 1.29 is 19.2 Å². The fourth-order valence-electron chi connectivity index (χ4n) is 5.53. The molecule has 0 unspecified atom stereocenters. The van der Waals surface area contributed by atoms with Crippen molar-refractivity contribution in [3.63, 3.8) is 0 Å². The number of anilines is 4. The van der Waals surface area contributed by atoms with Gasteiger partial charge in [-0.15, -0.1) is 0 Å². The van der Waals surface area contributed by atoms with Crippen LogP contribution in [0.4, 0.5) is 22.7 Å². The van der Waals surface area contributed by atoms with Crippen LogP contribution in [0.1, 0.15) is 34.1 Å². The van der Waals surface area contributed by atoms with Crippen LogP contribution >= 0.6 is 0 Å². The number of hydrogen-bond acceptors (Lipinski definition) is 6. The van der Waals surface area contributed by atoms with Crippen molar-refractivity contribution in [2.45, 2.75) is 11.8 Å². The molecule has 2 aliphatic heterocycles. The molecule has 206 valence electrons. The molecule has 4 N–H and O–H groups in total. The summed E-state index contributed by atoms with van der Waals surface area (Å²) >= 11 is 0. The van der Waals surface area contributed by atoms with Gasteiger partial charge in [0.2, 0.25) is 0 Å². The summed E-state index contributed by atoms with van der Waals surface area (Å²) in [6.45, 7) is 0. The maximum Gasteiger partial charge on any atom is 0.258 e. The molecule has 6 rings (SSSR count). The van der Waals surface area contributed by atoms with Gasteiger partial charge in [-0.25, -0.2) is 9.80 Å². The molecule has 0 spiro atoms. The Morgan fingerprint density at radius 2 is 0.619 bits per heavy atom. The summed E-state index contributed by atoms with van der Waals surface area (Å²) in [5.41, 5.74) is 18.2. The van der Waals surface area contributed by atoms with Crippen LogP contribution in [0.5, 0.6) is 0 Å². The Bertz CT molecular complexity index is 1590. The molecule has 0 saturated heterocycles. The molecule has 0 aliphatic carbocycles. The van der Waals surface area contributed by atoms with E-state index >= 15 is 0 Å². The quantitative estimate of drug-likeness (QED) is 0.252. The molecule has 4 aromatic rings. The highest BCUT2D eigenvalue weighted by Crippen LogP contribution is 2.44. The molecular weight excluding hydrogens is 528 g/mol. The van der Waals surface area contributed by atoms with E-state index in [2.05, 4.69) is 0 Å². The Morgan fingerprint density at radius 3 is 0.881 bits per heavy atom. The Morgan fingerprint density at radius 1 is 0.381 bits per heavy atom. The van der Waals surface area contributed by atoms with Crippen LogP contribution in [0.3, 0.4) is 0 Å². The summed E-state index contributed by atoms with van der Waals surface area (Å²) in [4.78, 5) is 51.4. The normalized spacial score (nSPS) is 14.7. The van der Waals surface area contributed by atoms with Gasteiger partial charge < -0.3 is 11.5 Å². The first-order chi connectivity index (χ1) is 20.3. The molecule has 42 heavy (non-hydrogen) atoms. The molecule has 0 bridgehead atoms. The fraction of sp³-hybridized carbons (Fsp3) is 0.0588. The second-order valence-corrected chi connectivity index (χ2v) is 10.2. The average Bonchev–Trinajstić information content (AvgIpc) is 3.52. The number of hydrogen-bond donors (Lipinski definition) is 2. The fourth-order valence-corrected chi connectivity index (χ4v) is 5.53. The Labute approximate surface area is 242 Å². The number of benzene rings is 4. The van der Waals surface area contributed by atoms with Gasteiger partial charge in [-0.2, -0.15) is 0 Å². The topological polar surface area (TPSA) is 127 Å². The summed E-state index contributed by atoms with van der Waals surface area (Å²) in [5, 5.41) is 0. The van der Waals surface area contributed by atoms with Crippen molar-refractivity contribution in [2.75, 3.05) is 21.3 Å². The number of rotatable bonds is 7. The summed E-state index contributed by atoms with van der Waals surface area (Å²) in [7, 11) is 0. The maximum absolute atomic E-state index is 12.3. The van der Waals surface area contributed by atoms with E-state index in [-0.39, 0.29) is 35.5 Å². The lowest BCUT2D eigenvalue weighted by Crippen LogP contribution is -2.29. The largest absolute Gasteiger partial charge is 0.399 e. The van der Waals surface area contributed by atoms with Gasteiger partial charge in [-0.05, 0) is 70.8 Å². The highest BCUT2D eigenvalue weighted by Gasteiger charge is 2.31. The van der Waals surface area contributed by atoms with Gasteiger partial charge in [0.1, 0.15) is 0 Å². The summed E-state index contributed by atoms with van der Waals surface area (Å²) in [6.07, 6.45) is 5.02. The number of nitrogen functional groups attached to an aromatic ring is 2. The monoisotopic (exact) mass is 554 g/mol. The van der Waals surface area contributed by atoms with Crippen LogP contribution in [0.15, 0.2) is 121 Å². The van der Waals surface area contributed by atoms with Gasteiger partial charge in [0.15, 0.2) is 0 Å². The van der Waals surface area contributed by atoms with Crippen molar-refractivity contribution in [3.8, 4) is 0 Å². The summed E-state index contributed by atoms with van der Waals surface area (Å²) in [5.74, 6) is -2.00. The molecule has 0 aromatic heterocycles. The lowest BCUT2D eigenvalue weighted by molar-refractivity contribution is -0.121. The van der Waals surface area contributed by atoms with E-state index in [0.717, 1.165) is 32.1 Å². The SMILES string of the molecule is Nc1ccc(C(c2ccc(N)cc2)C(c2ccc(N3C(=O)C=CC3=O)cc2)c2ccc(N3C(=O)C=CC3=O)cc2)cc1. The van der Waals surface area contributed by atoms with Gasteiger partial charge >= 0.3 is 0 Å². The number of nitrogens with two attached hydrogens (primary N) is 2. The van der Waals surface area contributed by atoms with Crippen LogP contribution in [0.25, 0.3) is 0 Å². The second-order valence-electron chi connectivity index (χ2n) is 10.2. The molecule has 2 aliphatic rings. The standard InChI is InChI=1S/C34H26N4O4/c35-25-9-1-21(2-10-25)33(22-3-11-26(36)12-4-22)34(23-5-13-27(14-6-23)37-29(39)17-18-30(37)40)24-7-15-28(16-8-24)38-31(41)19-20-32(38)42/h1-20,33-34H,35-36H2. The molecule has 4 aromatic carbocycles. The second kappa shape index (κ2) is 10.7. The number of amides is 4. The van der Waals surface area contributed by atoms with Crippen molar-refractivity contribution in [3.05, 3.63) is 144 Å². The van der Waals surface area contributed by atoms with E-state index in [4.69, 9.17) is 11.5 Å². The molecule has 2 heterocycles. The van der Waals surface area contributed by atoms with Gasteiger partial charge in [-0.3, -0.25) is 19.2 Å². The minimum absolute atomic E-state index is 0.198. The molecule has 4 amide bonds. The number of imide groups is 2. The zero-order valence-corrected chi connectivity index (χ0v) is 22.4. The lowest BCUT2D eigenvalue weighted by atomic mass is 9.73. The van der Waals surface area contributed by atoms with E-state index in [9.17, 15) is 19.2 Å². The third kappa shape index (κ3) is 4.86. The van der Waals surface area contributed by atoms with Crippen molar-refractivity contribution in [2.24, 2.45) is 0 Å². The molecule has 0 radical (unpaired) electrons. The first-order valence-corrected chi connectivity index (χ1v) is 13.3. The van der Waals surface area contributed by atoms with E-state index in [0.29, 0.717) is 22.7 Å². The van der Waals surface area contributed by atoms with E-state index in [1.807, 2.05) is 72.8 Å². The first kappa shape index (κ1) is 26.5. The highest BCUT2D eigenvalue weighted by atomic mass is 16.2. The Balaban J connectivity index is 1.48. The van der Waals surface area contributed by atoms with Crippen LogP contribution in [-0.2, 0) is 19.2 Å². The lowest BCUT2D eigenvalue weighted by Gasteiger charge is -2.30. The van der Waals surface area contributed by atoms with Crippen molar-refractivity contribution in [1.29, 1.82) is 0 Å². The summed E-state index contributed by atoms with van der Waals surface area (Å²) in [6, 6.07) is 30.1. The zero-order valence-electron chi connectivity index (χ0n) is 22.4. The van der Waals surface area contributed by atoms with E-state index in [1.165, 1.54) is 24.3 Å². The van der Waals surface area contributed by atoms with E-state index < -0.39 is 0 Å². The predicted molar refractivity (Wildman–Crippen MR) is 162 cm³/mol. The van der Waals surface area contributed by atoms with Crippen molar-refractivity contribution >= 4 is 46.4 Å². The van der Waals surface area contributed by atoms with Crippen LogP contribution < -0.4 is 21.3 Å². The zero-order chi connectivity index (χ0) is 29.4. The van der Waals surface area contributed by atoms with Gasteiger partial charge in [0.05, 0.1) is 11.4 Å². The number of carbonyl (C=O) groups excluding carboxylic acids is 4. The van der Waals surface area contributed by atoms with Crippen LogP contribution in [0.2, 0.25) is 0 Å². The maximum atomic E-state index is 12.3. The predicted octanol–water partition coefficient (Wildman–Crippen LogP) is 4.67. The van der Waals surface area contributed by atoms with E-state index in [1.54, 1.807) is 24.3 Å². The summed E-state index contributed by atoms with van der Waals surface area (Å²) < 4.78 is 0. The van der Waals surface area contributed by atoms with Gasteiger partial charge in [-0.1, -0.05) is 48.5 Å². The average molecular weight is 555 g/mol. The molecule has 8 heteroatoms. The molecule has 0 atom stereocenters. The van der Waals surface area contributed by atoms with Crippen LogP contribution in [0, 0.1) is 0 Å². The van der Waals surface area contributed by atoms with Crippen molar-refractivity contribution in [1.82, 2.24) is 0 Å². The third-order valence-electron chi connectivity index (χ3n) is 7.56. The number of nitrogens with zero attached hydrogens (tertiary/aromatic N) is 2. The molecule has 8 nitrogen and oxygen atoms in total. The third-order valence-corrected chi connectivity index (χ3v) is 7.56. The Hall–Kier alpha value is -5.76. The smallest absolute Gasteiger partial charge is 0.258 e. The highest BCUT2D eigenvalue weighted by molar-refractivity contribution is 6.28. The van der Waals surface area contributed by atoms with Gasteiger partial charge in [0, 0.05) is 47.5 Å². The van der Waals surface area contributed by atoms with Crippen LogP contribution in [-0.4, -0.2) is 23.6 Å². The first-order valence-electron chi connectivity index (χ1n) is 13.3. The number of carbonyl (C=O) groups is 4.